The van der Waals surface area contributed by atoms with Crippen molar-refractivity contribution >= 4 is 19.7 Å². The van der Waals surface area contributed by atoms with Gasteiger partial charge in [-0.15, -0.1) is 0 Å². The van der Waals surface area contributed by atoms with Crippen molar-refractivity contribution < 1.29 is 78.4 Å². The highest BCUT2D eigenvalue weighted by Crippen LogP contribution is 2.44. The van der Waals surface area contributed by atoms with Crippen LogP contribution in [0.25, 0.3) is 0 Å². The molecule has 10 atom stereocenters. The number of amides is 1. The molecular weight excluding hydrogens is 493 g/mol. The summed E-state index contributed by atoms with van der Waals surface area (Å²) >= 11 is 0. The third-order valence-corrected chi connectivity index (χ3v) is 5.75. The normalized spacial score (nSPS) is 39.9. The van der Waals surface area contributed by atoms with Gasteiger partial charge in [-0.05, 0) is 0 Å². The van der Waals surface area contributed by atoms with Crippen LogP contribution in [-0.2, 0) is 32.9 Å². The fourth-order valence-electron chi connectivity index (χ4n) is 3.62. The summed E-state index contributed by atoms with van der Waals surface area (Å²) in [6.07, 6.45) is -15.9. The van der Waals surface area contributed by atoms with Crippen molar-refractivity contribution in [3.05, 3.63) is 0 Å². The van der Waals surface area contributed by atoms with Crippen molar-refractivity contribution in [2.75, 3.05) is 13.2 Å². The van der Waals surface area contributed by atoms with Gasteiger partial charge in [0.1, 0.15) is 42.7 Å². The Morgan fingerprint density at radius 3 is 2.32 bits per heavy atom. The van der Waals surface area contributed by atoms with Gasteiger partial charge in [-0.2, -0.15) is 0 Å². The zero-order valence-corrected chi connectivity index (χ0v) is 18.5. The first kappa shape index (κ1) is 28.9. The molecule has 10 N–H and O–H groups in total. The van der Waals surface area contributed by atoms with Gasteiger partial charge in [0.25, 0.3) is 5.79 Å². The maximum absolute atomic E-state index is 12.0. The van der Waals surface area contributed by atoms with Crippen molar-refractivity contribution in [1.29, 1.82) is 0 Å². The smallest absolute Gasteiger partial charge is 0.470 e. The molecule has 0 aromatic heterocycles. The van der Waals surface area contributed by atoms with E-state index in [9.17, 15) is 49.9 Å². The lowest BCUT2D eigenvalue weighted by atomic mass is 9.92. The molecule has 0 saturated carbocycles. The van der Waals surface area contributed by atoms with Crippen molar-refractivity contribution in [2.24, 2.45) is 0 Å². The molecule has 198 valence electrons. The third-order valence-electron chi connectivity index (χ3n) is 5.23. The summed E-state index contributed by atoms with van der Waals surface area (Å²) in [6.45, 7) is -0.876. The first-order chi connectivity index (χ1) is 15.6. The van der Waals surface area contributed by atoms with Gasteiger partial charge in [-0.1, -0.05) is 0 Å². The van der Waals surface area contributed by atoms with Gasteiger partial charge in [0.05, 0.1) is 19.3 Å². The standard InChI is InChI=1S/C16H28NO16P/c1-5(19)17-9-11(23)10(22)8(31-14(9)24)4-30-16(15(25)26)2-6(20)13(33-34(27,28)29)12(32-16)7(21)3-18/h6-14,18,20-24H,2-4H2,1H3,(H,17,19)(H,25,26)(H2,27,28,29)/t6-,7-,8-,9-,10-,11-,12-,13-,14-,16-/m1/s1. The number of phosphoric ester groups is 1. The van der Waals surface area contributed by atoms with E-state index in [1.165, 1.54) is 0 Å². The topological polar surface area (TPSA) is 282 Å². The number of carboxylic acid groups (broad SMARTS) is 1. The minimum Gasteiger partial charge on any atom is -0.477 e. The quantitative estimate of drug-likeness (QED) is 0.127. The van der Waals surface area contributed by atoms with Gasteiger partial charge < -0.3 is 65.1 Å². The highest BCUT2D eigenvalue weighted by molar-refractivity contribution is 7.46. The lowest BCUT2D eigenvalue weighted by molar-refractivity contribution is -0.335. The van der Waals surface area contributed by atoms with Crippen LogP contribution in [0.4, 0.5) is 0 Å². The highest BCUT2D eigenvalue weighted by Gasteiger charge is 2.57. The Hall–Kier alpha value is -1.31. The monoisotopic (exact) mass is 521 g/mol. The molecule has 2 fully saturated rings. The van der Waals surface area contributed by atoms with Crippen LogP contribution in [0.2, 0.25) is 0 Å². The number of aliphatic hydroxyl groups is 6. The number of ether oxygens (including phenoxy) is 3. The van der Waals surface area contributed by atoms with E-state index in [4.69, 9.17) is 24.0 Å². The van der Waals surface area contributed by atoms with Crippen LogP contribution in [0, 0.1) is 0 Å². The maximum Gasteiger partial charge on any atom is 0.470 e. The van der Waals surface area contributed by atoms with Crippen LogP contribution in [0.1, 0.15) is 13.3 Å². The summed E-state index contributed by atoms with van der Waals surface area (Å²) in [6, 6.07) is -1.42. The lowest BCUT2D eigenvalue weighted by Crippen LogP contribution is -2.66. The summed E-state index contributed by atoms with van der Waals surface area (Å²) in [5, 5.41) is 71.8. The Balaban J connectivity index is 2.22. The molecule has 0 aromatic carbocycles. The average Bonchev–Trinajstić information content (AvgIpc) is 2.72. The predicted octanol–water partition coefficient (Wildman–Crippen LogP) is -5.29. The second-order valence-corrected chi connectivity index (χ2v) is 9.00. The molecule has 0 radical (unpaired) electrons. The fourth-order valence-corrected chi connectivity index (χ4v) is 4.20. The first-order valence-corrected chi connectivity index (χ1v) is 11.4. The second-order valence-electron chi connectivity index (χ2n) is 7.81. The molecular formula is C16H28NO16P. The number of phosphoric acid groups is 1. The molecule has 2 aliphatic heterocycles. The number of aliphatic carboxylic acids is 1. The van der Waals surface area contributed by atoms with E-state index in [2.05, 4.69) is 9.84 Å². The van der Waals surface area contributed by atoms with Crippen LogP contribution in [0.5, 0.6) is 0 Å². The number of hydrogen-bond donors (Lipinski definition) is 10. The van der Waals surface area contributed by atoms with Gasteiger partial charge in [0.2, 0.25) is 5.91 Å². The summed E-state index contributed by atoms with van der Waals surface area (Å²) in [7, 11) is -5.26. The van der Waals surface area contributed by atoms with Crippen LogP contribution < -0.4 is 5.32 Å². The summed E-state index contributed by atoms with van der Waals surface area (Å²) in [5.41, 5.74) is 0. The second kappa shape index (κ2) is 11.2. The highest BCUT2D eigenvalue weighted by atomic mass is 31.2. The molecule has 0 aliphatic carbocycles. The molecule has 17 nitrogen and oxygen atoms in total. The Kier molecular flexibility index (Phi) is 9.50. The molecule has 0 unspecified atom stereocenters. The zero-order chi connectivity index (χ0) is 26.0. The Morgan fingerprint density at radius 1 is 1.21 bits per heavy atom. The maximum atomic E-state index is 12.0. The van der Waals surface area contributed by atoms with E-state index in [0.29, 0.717) is 0 Å². The van der Waals surface area contributed by atoms with Crippen molar-refractivity contribution in [3.63, 3.8) is 0 Å². The van der Waals surface area contributed by atoms with Gasteiger partial charge in [-0.3, -0.25) is 9.32 Å². The molecule has 34 heavy (non-hydrogen) atoms. The Bertz CT molecular complexity index is 778. The minimum atomic E-state index is -5.26. The average molecular weight is 521 g/mol. The largest absolute Gasteiger partial charge is 0.477 e. The van der Waals surface area contributed by atoms with Crippen molar-refractivity contribution in [1.82, 2.24) is 5.32 Å². The van der Waals surface area contributed by atoms with Crippen molar-refractivity contribution in [3.8, 4) is 0 Å². The molecule has 1 amide bonds. The summed E-state index contributed by atoms with van der Waals surface area (Å²) in [5.74, 6) is -5.33. The molecule has 2 aliphatic rings. The SMILES string of the molecule is CC(=O)N[C@@H]1[C@@H](O)[C@H](O)[C@@H](CO[C@]2(C(=O)O)C[C@@H](O)[C@@H](OP(=O)(O)O)[C@@H]([C@H](O)CO)O2)O[C@H]1O. The van der Waals surface area contributed by atoms with E-state index in [-0.39, 0.29) is 0 Å². The van der Waals surface area contributed by atoms with Gasteiger partial charge in [-0.25, -0.2) is 9.36 Å². The van der Waals surface area contributed by atoms with E-state index in [0.717, 1.165) is 6.92 Å². The molecule has 18 heteroatoms. The lowest BCUT2D eigenvalue weighted by Gasteiger charge is -2.46. The molecule has 0 bridgehead atoms. The Morgan fingerprint density at radius 2 is 1.82 bits per heavy atom. The molecule has 0 aromatic rings. The van der Waals surface area contributed by atoms with E-state index in [1.54, 1.807) is 0 Å². The number of aliphatic hydroxyl groups excluding tert-OH is 6. The molecule has 0 spiro atoms. The summed E-state index contributed by atoms with van der Waals surface area (Å²) < 4.78 is 31.1. The number of rotatable bonds is 9. The number of nitrogens with one attached hydrogen (secondary N) is 1. The van der Waals surface area contributed by atoms with Gasteiger partial charge in [0, 0.05) is 13.3 Å². The minimum absolute atomic E-state index is 0.649. The van der Waals surface area contributed by atoms with Crippen LogP contribution >= 0.6 is 7.82 Å². The predicted molar refractivity (Wildman–Crippen MR) is 102 cm³/mol. The Labute approximate surface area is 191 Å². The van der Waals surface area contributed by atoms with E-state index >= 15 is 0 Å². The van der Waals surface area contributed by atoms with Crippen LogP contribution in [-0.4, -0.2) is 131 Å². The number of hydrogen-bond acceptors (Lipinski definition) is 13. The van der Waals surface area contributed by atoms with Crippen LogP contribution in [0.3, 0.4) is 0 Å². The number of carbonyl (C=O) groups excluding carboxylic acids is 1. The van der Waals surface area contributed by atoms with Gasteiger partial charge in [0.15, 0.2) is 6.29 Å². The summed E-state index contributed by atoms with van der Waals surface area (Å²) in [4.78, 5) is 41.3. The number of carboxylic acids is 1. The molecule has 2 rings (SSSR count). The first-order valence-electron chi connectivity index (χ1n) is 9.84. The number of carbonyl (C=O) groups is 2. The van der Waals surface area contributed by atoms with E-state index < -0.39 is 100 Å². The molecule has 2 saturated heterocycles. The zero-order valence-electron chi connectivity index (χ0n) is 17.6. The van der Waals surface area contributed by atoms with Crippen molar-refractivity contribution in [2.45, 2.75) is 74.2 Å². The third kappa shape index (κ3) is 6.67. The van der Waals surface area contributed by atoms with Crippen LogP contribution in [0.15, 0.2) is 0 Å². The van der Waals surface area contributed by atoms with Gasteiger partial charge >= 0.3 is 13.8 Å². The molecule has 2 heterocycles. The van der Waals surface area contributed by atoms with E-state index in [1.807, 2.05) is 0 Å². The fraction of sp³-hybridized carbons (Fsp3) is 0.875.